The molecule has 1 aromatic heterocycles. The number of hydrogen-bond donors (Lipinski definition) is 0. The number of hydroxylamine groups is 1. The first-order valence-corrected chi connectivity index (χ1v) is 9.51. The quantitative estimate of drug-likeness (QED) is 0.647. The molecule has 6 nitrogen and oxygen atoms in total. The number of pyridine rings is 1. The first-order valence-electron chi connectivity index (χ1n) is 9.51. The van der Waals surface area contributed by atoms with Crippen molar-refractivity contribution in [2.24, 2.45) is 5.92 Å². The van der Waals surface area contributed by atoms with E-state index in [4.69, 9.17) is 4.84 Å². The second kappa shape index (κ2) is 6.83. The molecule has 2 saturated heterocycles. The lowest BCUT2D eigenvalue weighted by molar-refractivity contribution is -0.126. The van der Waals surface area contributed by atoms with Gasteiger partial charge < -0.3 is 0 Å². The zero-order valence-corrected chi connectivity index (χ0v) is 15.8. The molecule has 0 aliphatic carbocycles. The highest BCUT2D eigenvalue weighted by Gasteiger charge is 2.60. The largest absolute Gasteiger partial charge is 0.273 e. The van der Waals surface area contributed by atoms with E-state index in [1.807, 2.05) is 61.5 Å². The third-order valence-corrected chi connectivity index (χ3v) is 5.51. The minimum atomic E-state index is -0.868. The molecular formula is C23H19N3O3. The molecule has 2 aliphatic heterocycles. The van der Waals surface area contributed by atoms with E-state index in [2.05, 4.69) is 4.98 Å². The van der Waals surface area contributed by atoms with Crippen LogP contribution in [-0.2, 0) is 14.4 Å². The lowest BCUT2D eigenvalue weighted by atomic mass is 9.91. The van der Waals surface area contributed by atoms with Crippen LogP contribution in [0.2, 0.25) is 0 Å². The first-order chi connectivity index (χ1) is 14.2. The summed E-state index contributed by atoms with van der Waals surface area (Å²) < 4.78 is 0. The second-order valence-corrected chi connectivity index (χ2v) is 7.24. The number of para-hydroxylation sites is 2. The molecule has 6 heteroatoms. The molecule has 3 unspecified atom stereocenters. The maximum absolute atomic E-state index is 13.4. The Balaban J connectivity index is 1.61. The summed E-state index contributed by atoms with van der Waals surface area (Å²) in [6.07, 6.45) is 2.55. The van der Waals surface area contributed by atoms with Crippen molar-refractivity contribution in [1.82, 2.24) is 4.98 Å². The molecule has 144 valence electrons. The highest BCUT2D eigenvalue weighted by molar-refractivity contribution is 6.23. The summed E-state index contributed by atoms with van der Waals surface area (Å²) in [5.41, 5.74) is 3.23. The van der Waals surface area contributed by atoms with E-state index < -0.39 is 18.1 Å². The number of benzene rings is 2. The Morgan fingerprint density at radius 3 is 2.38 bits per heavy atom. The van der Waals surface area contributed by atoms with Crippen molar-refractivity contribution in [3.63, 3.8) is 0 Å². The zero-order chi connectivity index (χ0) is 20.0. The molecule has 0 radical (unpaired) electrons. The fraction of sp³-hybridized carbons (Fsp3) is 0.174. The van der Waals surface area contributed by atoms with Gasteiger partial charge in [0.1, 0.15) is 5.92 Å². The fourth-order valence-electron chi connectivity index (χ4n) is 4.16. The molecule has 2 amide bonds. The van der Waals surface area contributed by atoms with E-state index in [0.717, 1.165) is 16.8 Å². The summed E-state index contributed by atoms with van der Waals surface area (Å²) in [7, 11) is 0. The van der Waals surface area contributed by atoms with Crippen molar-refractivity contribution in [3.05, 3.63) is 90.3 Å². The van der Waals surface area contributed by atoms with Crippen LogP contribution in [0.15, 0.2) is 79.1 Å². The molecule has 0 N–H and O–H groups in total. The Morgan fingerprint density at radius 1 is 0.897 bits per heavy atom. The summed E-state index contributed by atoms with van der Waals surface area (Å²) in [5.74, 6) is -1.24. The lowest BCUT2D eigenvalue weighted by Gasteiger charge is -2.29. The van der Waals surface area contributed by atoms with Crippen LogP contribution in [0.5, 0.6) is 0 Å². The van der Waals surface area contributed by atoms with Gasteiger partial charge in [0.15, 0.2) is 6.10 Å². The number of carbonyl (C=O) groups excluding carboxylic acids is 2. The van der Waals surface area contributed by atoms with Crippen LogP contribution in [0, 0.1) is 12.8 Å². The van der Waals surface area contributed by atoms with E-state index in [1.165, 1.54) is 4.90 Å². The monoisotopic (exact) mass is 385 g/mol. The SMILES string of the molecule is Cc1ccccc1N1OC2C(=O)N(c3ccccc3)C(=O)C2C1c1cccnc1. The Hall–Kier alpha value is -3.51. The second-order valence-electron chi connectivity index (χ2n) is 7.24. The number of carbonyl (C=O) groups is 2. The van der Waals surface area contributed by atoms with Crippen LogP contribution >= 0.6 is 0 Å². The molecule has 3 heterocycles. The molecule has 2 fully saturated rings. The Kier molecular flexibility index (Phi) is 4.14. The Labute approximate surface area is 168 Å². The van der Waals surface area contributed by atoms with Gasteiger partial charge in [-0.05, 0) is 42.3 Å². The average Bonchev–Trinajstić information content (AvgIpc) is 3.26. The predicted molar refractivity (Wildman–Crippen MR) is 108 cm³/mol. The van der Waals surface area contributed by atoms with Crippen molar-refractivity contribution in [2.45, 2.75) is 19.1 Å². The molecule has 0 saturated carbocycles. The molecule has 5 rings (SSSR count). The van der Waals surface area contributed by atoms with Gasteiger partial charge >= 0.3 is 0 Å². The standard InChI is InChI=1S/C23H19N3O3/c1-15-8-5-6-12-18(15)26-20(16-9-7-13-24-14-16)19-21(29-26)23(28)25(22(19)27)17-10-3-2-4-11-17/h2-14,19-21H,1H3. The van der Waals surface area contributed by atoms with Crippen LogP contribution < -0.4 is 9.96 Å². The number of rotatable bonds is 3. The van der Waals surface area contributed by atoms with Crippen LogP contribution in [-0.4, -0.2) is 22.9 Å². The third-order valence-electron chi connectivity index (χ3n) is 5.51. The van der Waals surface area contributed by atoms with Crippen molar-refractivity contribution in [3.8, 4) is 0 Å². The van der Waals surface area contributed by atoms with Gasteiger partial charge in [0.05, 0.1) is 17.4 Å². The molecule has 29 heavy (non-hydrogen) atoms. The minimum absolute atomic E-state index is 0.254. The van der Waals surface area contributed by atoms with Crippen LogP contribution in [0.4, 0.5) is 11.4 Å². The molecule has 2 aliphatic rings. The number of imide groups is 1. The maximum Gasteiger partial charge on any atom is 0.266 e. The van der Waals surface area contributed by atoms with E-state index in [-0.39, 0.29) is 11.8 Å². The van der Waals surface area contributed by atoms with Crippen LogP contribution in [0.3, 0.4) is 0 Å². The van der Waals surface area contributed by atoms with Gasteiger partial charge in [-0.15, -0.1) is 0 Å². The normalized spacial score (nSPS) is 23.6. The number of aromatic nitrogens is 1. The summed E-state index contributed by atoms with van der Waals surface area (Å²) in [5, 5.41) is 1.71. The van der Waals surface area contributed by atoms with Gasteiger partial charge in [0.2, 0.25) is 5.91 Å². The number of anilines is 2. The Bertz CT molecular complexity index is 1070. The predicted octanol–water partition coefficient (Wildman–Crippen LogP) is 3.44. The molecule has 2 aromatic carbocycles. The average molecular weight is 385 g/mol. The molecule has 0 spiro atoms. The lowest BCUT2D eigenvalue weighted by Crippen LogP contribution is -2.37. The highest BCUT2D eigenvalue weighted by Crippen LogP contribution is 2.47. The van der Waals surface area contributed by atoms with E-state index in [9.17, 15) is 9.59 Å². The number of fused-ring (bicyclic) bond motifs is 1. The van der Waals surface area contributed by atoms with Gasteiger partial charge in [0.25, 0.3) is 5.91 Å². The topological polar surface area (TPSA) is 62.7 Å². The van der Waals surface area contributed by atoms with Gasteiger partial charge in [-0.3, -0.25) is 19.4 Å². The summed E-state index contributed by atoms with van der Waals surface area (Å²) in [6.45, 7) is 1.98. The first kappa shape index (κ1) is 17.6. The summed E-state index contributed by atoms with van der Waals surface area (Å²) in [6, 6.07) is 20.1. The van der Waals surface area contributed by atoms with Crippen LogP contribution in [0.25, 0.3) is 0 Å². The van der Waals surface area contributed by atoms with E-state index >= 15 is 0 Å². The smallest absolute Gasteiger partial charge is 0.266 e. The van der Waals surface area contributed by atoms with Crippen molar-refractivity contribution in [2.75, 3.05) is 9.96 Å². The molecule has 0 bridgehead atoms. The maximum atomic E-state index is 13.4. The third kappa shape index (κ3) is 2.72. The molecular weight excluding hydrogens is 366 g/mol. The summed E-state index contributed by atoms with van der Waals surface area (Å²) >= 11 is 0. The number of amides is 2. The van der Waals surface area contributed by atoms with Crippen molar-refractivity contribution >= 4 is 23.2 Å². The zero-order valence-electron chi connectivity index (χ0n) is 15.8. The number of nitrogens with zero attached hydrogens (tertiary/aromatic N) is 3. The molecule has 3 atom stereocenters. The van der Waals surface area contributed by atoms with E-state index in [1.54, 1.807) is 29.6 Å². The fourth-order valence-corrected chi connectivity index (χ4v) is 4.16. The van der Waals surface area contributed by atoms with Gasteiger partial charge in [-0.1, -0.05) is 42.5 Å². The Morgan fingerprint density at radius 2 is 1.66 bits per heavy atom. The number of hydrogen-bond acceptors (Lipinski definition) is 5. The van der Waals surface area contributed by atoms with E-state index in [0.29, 0.717) is 5.69 Å². The van der Waals surface area contributed by atoms with Gasteiger partial charge in [0, 0.05) is 12.4 Å². The van der Waals surface area contributed by atoms with Crippen molar-refractivity contribution in [1.29, 1.82) is 0 Å². The van der Waals surface area contributed by atoms with Crippen LogP contribution in [0.1, 0.15) is 17.2 Å². The van der Waals surface area contributed by atoms with Gasteiger partial charge in [-0.2, -0.15) is 0 Å². The number of aryl methyl sites for hydroxylation is 1. The van der Waals surface area contributed by atoms with Gasteiger partial charge in [-0.25, -0.2) is 9.96 Å². The minimum Gasteiger partial charge on any atom is -0.273 e. The summed E-state index contributed by atoms with van der Waals surface area (Å²) in [4.78, 5) is 38.2. The molecule has 3 aromatic rings. The highest BCUT2D eigenvalue weighted by atomic mass is 16.7. The van der Waals surface area contributed by atoms with Crippen molar-refractivity contribution < 1.29 is 14.4 Å².